The number of hydrogen-bond acceptors (Lipinski definition) is 4. The number of aliphatic imine (C=N–C) groups is 1. The predicted molar refractivity (Wildman–Crippen MR) is 128 cm³/mol. The second kappa shape index (κ2) is 9.15. The van der Waals surface area contributed by atoms with Gasteiger partial charge in [0.1, 0.15) is 17.2 Å². The van der Waals surface area contributed by atoms with Gasteiger partial charge in [-0.3, -0.25) is 14.6 Å². The number of halogens is 1. The summed E-state index contributed by atoms with van der Waals surface area (Å²) < 4.78 is 5.85. The molecule has 0 aromatic heterocycles. The summed E-state index contributed by atoms with van der Waals surface area (Å²) in [4.78, 5) is 22.2. The van der Waals surface area contributed by atoms with E-state index in [0.29, 0.717) is 34.6 Å². The normalized spacial score (nSPS) is 17.6. The average molecular weight is 446 g/mol. The fourth-order valence-electron chi connectivity index (χ4n) is 4.17. The maximum absolute atomic E-state index is 13.3. The molecule has 0 N–H and O–H groups in total. The van der Waals surface area contributed by atoms with Crippen molar-refractivity contribution in [1.82, 2.24) is 4.90 Å². The molecule has 1 saturated heterocycles. The summed E-state index contributed by atoms with van der Waals surface area (Å²) in [7, 11) is 0. The minimum absolute atomic E-state index is 0.0433. The predicted octanol–water partition coefficient (Wildman–Crippen LogP) is 6.04. The van der Waals surface area contributed by atoms with Gasteiger partial charge in [-0.05, 0) is 80.5 Å². The van der Waals surface area contributed by atoms with Crippen molar-refractivity contribution >= 4 is 34.6 Å². The Morgan fingerprint density at radius 2 is 1.50 bits per heavy atom. The first-order valence-corrected chi connectivity index (χ1v) is 11.3. The zero-order valence-corrected chi connectivity index (χ0v) is 18.5. The van der Waals surface area contributed by atoms with E-state index in [0.717, 1.165) is 24.3 Å². The average Bonchev–Trinajstić information content (AvgIpc) is 3.08. The molecule has 0 radical (unpaired) electrons. The van der Waals surface area contributed by atoms with Crippen LogP contribution in [0.4, 0.5) is 11.4 Å². The number of nitrogens with zero attached hydrogens (tertiary/aromatic N) is 3. The van der Waals surface area contributed by atoms with Crippen LogP contribution in [-0.2, 0) is 4.79 Å². The summed E-state index contributed by atoms with van der Waals surface area (Å²) in [6, 6.07) is 22.5. The number of rotatable bonds is 5. The second-order valence-electron chi connectivity index (χ2n) is 8.08. The molecule has 32 heavy (non-hydrogen) atoms. The molecule has 5 nitrogen and oxygen atoms in total. The van der Waals surface area contributed by atoms with Crippen LogP contribution < -0.4 is 9.64 Å². The molecular weight excluding hydrogens is 422 g/mol. The zero-order chi connectivity index (χ0) is 21.9. The van der Waals surface area contributed by atoms with Gasteiger partial charge in [0.2, 0.25) is 0 Å². The van der Waals surface area contributed by atoms with Crippen molar-refractivity contribution in [2.45, 2.75) is 19.3 Å². The summed E-state index contributed by atoms with van der Waals surface area (Å²) >= 11 is 5.93. The summed E-state index contributed by atoms with van der Waals surface area (Å²) in [6.07, 6.45) is 3.65. The Morgan fingerprint density at radius 1 is 0.844 bits per heavy atom. The highest BCUT2D eigenvalue weighted by atomic mass is 35.5. The van der Waals surface area contributed by atoms with Gasteiger partial charge in [-0.1, -0.05) is 36.2 Å². The molecule has 0 aliphatic carbocycles. The van der Waals surface area contributed by atoms with Crippen molar-refractivity contribution in [1.29, 1.82) is 0 Å². The Balaban J connectivity index is 1.37. The number of benzene rings is 3. The number of ether oxygens (including phenoxy) is 1. The lowest BCUT2D eigenvalue weighted by Gasteiger charge is -2.30. The molecule has 3 aromatic carbocycles. The quantitative estimate of drug-likeness (QED) is 0.480. The van der Waals surface area contributed by atoms with E-state index in [1.807, 2.05) is 65.6 Å². The van der Waals surface area contributed by atoms with Crippen LogP contribution >= 0.6 is 11.6 Å². The highest BCUT2D eigenvalue weighted by molar-refractivity contribution is 6.54. The minimum Gasteiger partial charge on any atom is -0.457 e. The highest BCUT2D eigenvalue weighted by Crippen LogP contribution is 2.32. The Kier molecular flexibility index (Phi) is 5.93. The van der Waals surface area contributed by atoms with Gasteiger partial charge < -0.3 is 4.74 Å². The molecule has 5 rings (SSSR count). The van der Waals surface area contributed by atoms with E-state index in [4.69, 9.17) is 21.3 Å². The molecule has 6 heteroatoms. The van der Waals surface area contributed by atoms with Gasteiger partial charge >= 0.3 is 0 Å². The zero-order valence-electron chi connectivity index (χ0n) is 17.7. The van der Waals surface area contributed by atoms with Gasteiger partial charge in [0, 0.05) is 10.6 Å². The van der Waals surface area contributed by atoms with Crippen molar-refractivity contribution in [2.75, 3.05) is 24.7 Å². The molecule has 1 fully saturated rings. The van der Waals surface area contributed by atoms with E-state index >= 15 is 0 Å². The Labute approximate surface area is 192 Å². The van der Waals surface area contributed by atoms with Crippen molar-refractivity contribution in [3.05, 3.63) is 83.4 Å². The number of likely N-dealkylation sites (tertiary alicyclic amines) is 1. The Bertz CT molecular complexity index is 1140. The topological polar surface area (TPSA) is 45.1 Å². The molecule has 2 heterocycles. The number of carbonyl (C=O) groups is 1. The van der Waals surface area contributed by atoms with Crippen LogP contribution in [0.5, 0.6) is 11.5 Å². The third-order valence-corrected chi connectivity index (χ3v) is 6.07. The van der Waals surface area contributed by atoms with Crippen molar-refractivity contribution < 1.29 is 9.53 Å². The SMILES string of the molecule is O=C1C(=Nc2ccc(Oc3ccc(Cl)cc3)cc2)c2ccccc2N1CN1CCCCC1. The fourth-order valence-corrected chi connectivity index (χ4v) is 4.29. The third-order valence-electron chi connectivity index (χ3n) is 5.81. The number of piperidine rings is 1. The van der Waals surface area contributed by atoms with Gasteiger partial charge in [0.05, 0.1) is 18.0 Å². The molecule has 0 unspecified atom stereocenters. The monoisotopic (exact) mass is 445 g/mol. The summed E-state index contributed by atoms with van der Waals surface area (Å²) in [5, 5.41) is 0.666. The largest absolute Gasteiger partial charge is 0.457 e. The number of carbonyl (C=O) groups excluding carboxylic acids is 1. The van der Waals surface area contributed by atoms with E-state index in [9.17, 15) is 4.79 Å². The molecule has 2 aliphatic rings. The summed E-state index contributed by atoms with van der Waals surface area (Å²) in [5.74, 6) is 1.36. The second-order valence-corrected chi connectivity index (χ2v) is 8.52. The molecule has 1 amide bonds. The summed E-state index contributed by atoms with van der Waals surface area (Å²) in [5.41, 5.74) is 3.02. The number of para-hydroxylation sites is 1. The minimum atomic E-state index is -0.0433. The van der Waals surface area contributed by atoms with Crippen LogP contribution in [-0.4, -0.2) is 36.3 Å². The van der Waals surface area contributed by atoms with E-state index in [1.54, 1.807) is 12.1 Å². The van der Waals surface area contributed by atoms with Crippen LogP contribution in [0.15, 0.2) is 77.8 Å². The Morgan fingerprint density at radius 3 is 2.22 bits per heavy atom. The first-order chi connectivity index (χ1) is 15.7. The Hall–Kier alpha value is -3.15. The molecule has 162 valence electrons. The number of hydrogen-bond donors (Lipinski definition) is 0. The molecule has 0 atom stereocenters. The van der Waals surface area contributed by atoms with E-state index in [-0.39, 0.29) is 5.91 Å². The van der Waals surface area contributed by atoms with Crippen molar-refractivity contribution in [3.63, 3.8) is 0 Å². The summed E-state index contributed by atoms with van der Waals surface area (Å²) in [6.45, 7) is 2.68. The van der Waals surface area contributed by atoms with E-state index in [1.165, 1.54) is 19.3 Å². The maximum Gasteiger partial charge on any atom is 0.278 e. The molecule has 0 spiro atoms. The number of amides is 1. The smallest absolute Gasteiger partial charge is 0.278 e. The van der Waals surface area contributed by atoms with Crippen LogP contribution in [0.25, 0.3) is 0 Å². The molecular formula is C26H24ClN3O2. The van der Waals surface area contributed by atoms with E-state index in [2.05, 4.69) is 4.90 Å². The lowest BCUT2D eigenvalue weighted by atomic mass is 10.1. The van der Waals surface area contributed by atoms with Gasteiger partial charge in [-0.25, -0.2) is 4.99 Å². The van der Waals surface area contributed by atoms with Gasteiger partial charge in [-0.15, -0.1) is 0 Å². The maximum atomic E-state index is 13.3. The van der Waals surface area contributed by atoms with Crippen LogP contribution in [0.3, 0.4) is 0 Å². The van der Waals surface area contributed by atoms with E-state index < -0.39 is 0 Å². The lowest BCUT2D eigenvalue weighted by Crippen LogP contribution is -2.43. The first kappa shape index (κ1) is 20.7. The number of anilines is 1. The van der Waals surface area contributed by atoms with Crippen LogP contribution in [0.2, 0.25) is 5.02 Å². The molecule has 0 saturated carbocycles. The van der Waals surface area contributed by atoms with Gasteiger partial charge in [0.15, 0.2) is 0 Å². The van der Waals surface area contributed by atoms with Crippen LogP contribution in [0, 0.1) is 0 Å². The molecule has 3 aromatic rings. The molecule has 0 bridgehead atoms. The fraction of sp³-hybridized carbons (Fsp3) is 0.231. The third kappa shape index (κ3) is 4.40. The van der Waals surface area contributed by atoms with Crippen molar-refractivity contribution in [3.8, 4) is 11.5 Å². The standard InChI is InChI=1S/C26H24ClN3O2/c27-19-8-12-21(13-9-19)32-22-14-10-20(11-15-22)28-25-23-6-2-3-7-24(23)30(26(25)31)18-29-16-4-1-5-17-29/h2-3,6-15H,1,4-5,16-18H2. The highest BCUT2D eigenvalue weighted by Gasteiger charge is 2.34. The van der Waals surface area contributed by atoms with Crippen molar-refractivity contribution in [2.24, 2.45) is 4.99 Å². The first-order valence-electron chi connectivity index (χ1n) is 10.9. The molecule has 2 aliphatic heterocycles. The van der Waals surface area contributed by atoms with Gasteiger partial charge in [0.25, 0.3) is 5.91 Å². The van der Waals surface area contributed by atoms with Gasteiger partial charge in [-0.2, -0.15) is 0 Å². The lowest BCUT2D eigenvalue weighted by molar-refractivity contribution is -0.112. The van der Waals surface area contributed by atoms with Crippen LogP contribution in [0.1, 0.15) is 24.8 Å². The number of fused-ring (bicyclic) bond motifs is 1.